The van der Waals surface area contributed by atoms with Gasteiger partial charge in [0.1, 0.15) is 5.82 Å². The maximum absolute atomic E-state index is 13.0. The van der Waals surface area contributed by atoms with Crippen LogP contribution in [0, 0.1) is 5.82 Å². The van der Waals surface area contributed by atoms with E-state index in [9.17, 15) is 14.0 Å². The maximum Gasteiger partial charge on any atom is 0.328 e. The van der Waals surface area contributed by atoms with Gasteiger partial charge in [-0.25, -0.2) is 9.18 Å². The fraction of sp³-hybridized carbons (Fsp3) is 0.474. The van der Waals surface area contributed by atoms with Crippen LogP contribution < -0.4 is 4.90 Å². The highest BCUT2D eigenvalue weighted by atomic mass is 19.1. The number of hydrogen-bond donors (Lipinski definition) is 1. The predicted octanol–water partition coefficient (Wildman–Crippen LogP) is 1.58. The molecule has 0 spiro atoms. The van der Waals surface area contributed by atoms with Gasteiger partial charge in [-0.1, -0.05) is 0 Å². The van der Waals surface area contributed by atoms with Crippen LogP contribution in [0.1, 0.15) is 12.8 Å². The minimum Gasteiger partial charge on any atom is -0.478 e. The molecule has 140 valence electrons. The summed E-state index contributed by atoms with van der Waals surface area (Å²) in [7, 11) is 0. The minimum absolute atomic E-state index is 0.216. The van der Waals surface area contributed by atoms with E-state index in [4.69, 9.17) is 5.11 Å². The van der Waals surface area contributed by atoms with E-state index >= 15 is 0 Å². The summed E-state index contributed by atoms with van der Waals surface area (Å²) in [6.45, 7) is 5.04. The van der Waals surface area contributed by atoms with Crippen molar-refractivity contribution in [1.29, 1.82) is 0 Å². The first-order chi connectivity index (χ1) is 12.5. The van der Waals surface area contributed by atoms with Crippen LogP contribution >= 0.6 is 0 Å². The molecule has 1 aromatic carbocycles. The average Bonchev–Trinajstić information content (AvgIpc) is 2.67. The Morgan fingerprint density at radius 1 is 0.962 bits per heavy atom. The van der Waals surface area contributed by atoms with Crippen molar-refractivity contribution in [3.8, 4) is 0 Å². The number of anilines is 1. The Kier molecular flexibility index (Phi) is 5.88. The van der Waals surface area contributed by atoms with Gasteiger partial charge in [-0.05, 0) is 37.1 Å². The first kappa shape index (κ1) is 18.4. The molecule has 1 aromatic rings. The minimum atomic E-state index is -1.10. The number of carbonyl (C=O) groups excluding carboxylic acids is 1. The Bertz CT molecular complexity index is 661. The molecular weight excluding hydrogens is 337 g/mol. The highest BCUT2D eigenvalue weighted by Gasteiger charge is 2.28. The van der Waals surface area contributed by atoms with E-state index in [0.717, 1.165) is 56.9 Å². The summed E-state index contributed by atoms with van der Waals surface area (Å²) in [5.41, 5.74) is 1.05. The van der Waals surface area contributed by atoms with Gasteiger partial charge >= 0.3 is 5.97 Å². The molecule has 2 fully saturated rings. The van der Waals surface area contributed by atoms with Crippen LogP contribution in [-0.4, -0.2) is 72.1 Å². The smallest absolute Gasteiger partial charge is 0.328 e. The summed E-state index contributed by atoms with van der Waals surface area (Å²) in [6.07, 6.45) is 3.83. The number of benzene rings is 1. The second-order valence-corrected chi connectivity index (χ2v) is 6.73. The van der Waals surface area contributed by atoms with E-state index in [2.05, 4.69) is 9.80 Å². The van der Waals surface area contributed by atoms with Crippen molar-refractivity contribution in [3.63, 3.8) is 0 Å². The summed E-state index contributed by atoms with van der Waals surface area (Å²) in [4.78, 5) is 28.9. The van der Waals surface area contributed by atoms with Crippen LogP contribution in [0.5, 0.6) is 0 Å². The van der Waals surface area contributed by atoms with Gasteiger partial charge in [0.2, 0.25) is 5.91 Å². The number of nitrogens with zero attached hydrogens (tertiary/aromatic N) is 3. The molecular formula is C19H24FN3O3. The van der Waals surface area contributed by atoms with Crippen LogP contribution in [0.15, 0.2) is 36.4 Å². The molecule has 0 radical (unpaired) electrons. The predicted molar refractivity (Wildman–Crippen MR) is 96.6 cm³/mol. The second-order valence-electron chi connectivity index (χ2n) is 6.73. The largest absolute Gasteiger partial charge is 0.478 e. The number of carbonyl (C=O) groups is 2. The number of likely N-dealkylation sites (tertiary alicyclic amines) is 1. The lowest BCUT2D eigenvalue weighted by Crippen LogP contribution is -2.53. The number of piperazine rings is 1. The third-order valence-electron chi connectivity index (χ3n) is 5.17. The van der Waals surface area contributed by atoms with Crippen LogP contribution in [0.4, 0.5) is 10.1 Å². The van der Waals surface area contributed by atoms with Crippen molar-refractivity contribution in [2.45, 2.75) is 18.9 Å². The van der Waals surface area contributed by atoms with Crippen LogP contribution in [0.2, 0.25) is 0 Å². The van der Waals surface area contributed by atoms with Gasteiger partial charge in [-0.3, -0.25) is 9.69 Å². The zero-order valence-electron chi connectivity index (χ0n) is 14.7. The molecule has 1 N–H and O–H groups in total. The zero-order valence-corrected chi connectivity index (χ0v) is 14.7. The van der Waals surface area contributed by atoms with Gasteiger partial charge in [0.15, 0.2) is 0 Å². The van der Waals surface area contributed by atoms with Crippen LogP contribution in [-0.2, 0) is 9.59 Å². The normalized spacial score (nSPS) is 19.9. The summed E-state index contributed by atoms with van der Waals surface area (Å²) in [5, 5.41) is 8.60. The van der Waals surface area contributed by atoms with Crippen LogP contribution in [0.25, 0.3) is 0 Å². The molecule has 2 heterocycles. The molecule has 0 atom stereocenters. The number of carboxylic acid groups (broad SMARTS) is 1. The molecule has 3 rings (SSSR count). The third kappa shape index (κ3) is 4.60. The highest BCUT2D eigenvalue weighted by Crippen LogP contribution is 2.21. The Morgan fingerprint density at radius 2 is 1.58 bits per heavy atom. The summed E-state index contributed by atoms with van der Waals surface area (Å²) >= 11 is 0. The van der Waals surface area contributed by atoms with Gasteiger partial charge in [-0.15, -0.1) is 0 Å². The molecule has 0 saturated carbocycles. The van der Waals surface area contributed by atoms with E-state index in [1.807, 2.05) is 12.1 Å². The summed E-state index contributed by atoms with van der Waals surface area (Å²) in [6, 6.07) is 7.08. The van der Waals surface area contributed by atoms with Crippen LogP contribution in [0.3, 0.4) is 0 Å². The molecule has 2 aliphatic heterocycles. The fourth-order valence-electron chi connectivity index (χ4n) is 3.70. The Labute approximate surface area is 152 Å². The number of hydrogen-bond acceptors (Lipinski definition) is 4. The topological polar surface area (TPSA) is 64.1 Å². The molecule has 0 unspecified atom stereocenters. The first-order valence-corrected chi connectivity index (χ1v) is 8.97. The average molecular weight is 361 g/mol. The molecule has 26 heavy (non-hydrogen) atoms. The van der Waals surface area contributed by atoms with Crippen molar-refractivity contribution >= 4 is 17.6 Å². The summed E-state index contributed by atoms with van der Waals surface area (Å²) < 4.78 is 13.0. The Morgan fingerprint density at radius 3 is 2.15 bits per heavy atom. The van der Waals surface area contributed by atoms with Crippen molar-refractivity contribution in [2.24, 2.45) is 0 Å². The molecule has 6 nitrogen and oxygen atoms in total. The zero-order chi connectivity index (χ0) is 18.5. The van der Waals surface area contributed by atoms with Gasteiger partial charge < -0.3 is 14.9 Å². The molecule has 1 amide bonds. The SMILES string of the molecule is O=C(O)C=CC(=O)N1CCC(N2CCN(c3ccc(F)cc3)CC2)CC1. The van der Waals surface area contributed by atoms with Crippen molar-refractivity contribution in [3.05, 3.63) is 42.2 Å². The lowest BCUT2D eigenvalue weighted by molar-refractivity contribution is -0.132. The van der Waals surface area contributed by atoms with E-state index < -0.39 is 5.97 Å². The standard InChI is InChI=1S/C19H24FN3O3/c20-15-1-3-16(4-2-15)21-11-13-22(14-12-21)17-7-9-23(10-8-17)18(24)5-6-19(25)26/h1-6,17H,7-14H2,(H,25,26). The number of piperidine rings is 1. The van der Waals surface area contributed by atoms with E-state index in [0.29, 0.717) is 19.1 Å². The maximum atomic E-state index is 13.0. The number of aliphatic carboxylic acids is 1. The lowest BCUT2D eigenvalue weighted by atomic mass is 10.0. The van der Waals surface area contributed by atoms with E-state index in [-0.39, 0.29) is 11.7 Å². The molecule has 0 aliphatic carbocycles. The highest BCUT2D eigenvalue weighted by molar-refractivity contribution is 5.93. The third-order valence-corrected chi connectivity index (χ3v) is 5.17. The second kappa shape index (κ2) is 8.31. The molecule has 7 heteroatoms. The van der Waals surface area contributed by atoms with Crippen molar-refractivity contribution < 1.29 is 19.1 Å². The van der Waals surface area contributed by atoms with Gasteiger partial charge in [-0.2, -0.15) is 0 Å². The summed E-state index contributed by atoms with van der Waals surface area (Å²) in [5.74, 6) is -1.55. The molecule has 2 aliphatic rings. The van der Waals surface area contributed by atoms with Gasteiger partial charge in [0.05, 0.1) is 0 Å². The fourth-order valence-corrected chi connectivity index (χ4v) is 3.70. The number of halogens is 1. The molecule has 0 bridgehead atoms. The van der Waals surface area contributed by atoms with Crippen molar-refractivity contribution in [2.75, 3.05) is 44.2 Å². The van der Waals surface area contributed by atoms with Gasteiger partial charge in [0.25, 0.3) is 0 Å². The Balaban J connectivity index is 1.45. The van der Waals surface area contributed by atoms with Crippen molar-refractivity contribution in [1.82, 2.24) is 9.80 Å². The number of amides is 1. The Hall–Kier alpha value is -2.41. The van der Waals surface area contributed by atoms with Gasteiger partial charge in [0, 0.05) is 63.1 Å². The molecule has 0 aromatic heterocycles. The lowest BCUT2D eigenvalue weighted by Gasteiger charge is -2.43. The molecule has 2 saturated heterocycles. The van der Waals surface area contributed by atoms with E-state index in [1.54, 1.807) is 4.90 Å². The van der Waals surface area contributed by atoms with E-state index in [1.165, 1.54) is 12.1 Å². The monoisotopic (exact) mass is 361 g/mol. The quantitative estimate of drug-likeness (QED) is 0.825. The number of rotatable bonds is 4. The first-order valence-electron chi connectivity index (χ1n) is 8.97. The number of carboxylic acids is 1.